The van der Waals surface area contributed by atoms with Gasteiger partial charge in [0.2, 0.25) is 0 Å². The van der Waals surface area contributed by atoms with Crippen LogP contribution in [0.1, 0.15) is 10.4 Å². The zero-order valence-electron chi connectivity index (χ0n) is 9.66. The van der Waals surface area contributed by atoms with Crippen molar-refractivity contribution in [2.24, 2.45) is 5.84 Å². The first-order chi connectivity index (χ1) is 9.04. The Labute approximate surface area is 114 Å². The van der Waals surface area contributed by atoms with E-state index >= 15 is 0 Å². The quantitative estimate of drug-likeness (QED) is 0.447. The highest BCUT2D eigenvalue weighted by molar-refractivity contribution is 7.93. The first-order valence-electron chi connectivity index (χ1n) is 5.19. The van der Waals surface area contributed by atoms with Crippen molar-refractivity contribution in [3.05, 3.63) is 46.7 Å². The molecular weight excluding hydrogens is 286 g/mol. The molecule has 1 aromatic carbocycles. The summed E-state index contributed by atoms with van der Waals surface area (Å²) in [5.41, 5.74) is 2.37. The lowest BCUT2D eigenvalue weighted by atomic mass is 10.3. The SMILES string of the molecule is NNC(=O)c1cscc1S(=O)(=O)Nc1ccccc1. The maximum Gasteiger partial charge on any atom is 0.267 e. The highest BCUT2D eigenvalue weighted by Crippen LogP contribution is 2.23. The number of para-hydroxylation sites is 1. The minimum absolute atomic E-state index is 0.0240. The Morgan fingerprint density at radius 3 is 2.47 bits per heavy atom. The largest absolute Gasteiger partial charge is 0.290 e. The first-order valence-corrected chi connectivity index (χ1v) is 7.62. The van der Waals surface area contributed by atoms with Gasteiger partial charge in [0.25, 0.3) is 15.9 Å². The maximum absolute atomic E-state index is 12.2. The number of nitrogen functional groups attached to an aromatic ring is 1. The third kappa shape index (κ3) is 2.92. The lowest BCUT2D eigenvalue weighted by molar-refractivity contribution is 0.0951. The molecule has 0 aliphatic rings. The van der Waals surface area contributed by atoms with Gasteiger partial charge in [-0.05, 0) is 12.1 Å². The fourth-order valence-corrected chi connectivity index (χ4v) is 3.89. The van der Waals surface area contributed by atoms with Crippen molar-refractivity contribution < 1.29 is 13.2 Å². The van der Waals surface area contributed by atoms with Crippen molar-refractivity contribution in [1.29, 1.82) is 0 Å². The second kappa shape index (κ2) is 5.39. The predicted octanol–water partition coefficient (Wildman–Crippen LogP) is 1.15. The Hall–Kier alpha value is -1.90. The van der Waals surface area contributed by atoms with Gasteiger partial charge in [0, 0.05) is 16.4 Å². The van der Waals surface area contributed by atoms with E-state index in [1.807, 2.05) is 5.43 Å². The molecule has 1 aromatic heterocycles. The van der Waals surface area contributed by atoms with Crippen LogP contribution in [0.2, 0.25) is 0 Å². The minimum atomic E-state index is -3.81. The average Bonchev–Trinajstić information content (AvgIpc) is 2.88. The monoisotopic (exact) mass is 297 g/mol. The van der Waals surface area contributed by atoms with Gasteiger partial charge in [0.05, 0.1) is 5.56 Å². The number of nitrogens with one attached hydrogen (secondary N) is 2. The smallest absolute Gasteiger partial charge is 0.267 e. The second-order valence-electron chi connectivity index (χ2n) is 3.59. The molecular formula is C11H11N3O3S2. The Kier molecular flexibility index (Phi) is 3.84. The van der Waals surface area contributed by atoms with Crippen LogP contribution in [0, 0.1) is 0 Å². The third-order valence-electron chi connectivity index (χ3n) is 2.32. The molecule has 0 atom stereocenters. The molecule has 0 fully saturated rings. The van der Waals surface area contributed by atoms with Crippen LogP contribution in [0.5, 0.6) is 0 Å². The van der Waals surface area contributed by atoms with Crippen molar-refractivity contribution in [3.8, 4) is 0 Å². The van der Waals surface area contributed by atoms with E-state index in [4.69, 9.17) is 5.84 Å². The van der Waals surface area contributed by atoms with Crippen LogP contribution >= 0.6 is 11.3 Å². The first kappa shape index (κ1) is 13.5. The third-order valence-corrected chi connectivity index (χ3v) is 4.63. The molecule has 0 bridgehead atoms. The number of carbonyl (C=O) groups excluding carboxylic acids is 1. The van der Waals surface area contributed by atoms with E-state index in [1.54, 1.807) is 30.3 Å². The van der Waals surface area contributed by atoms with Gasteiger partial charge in [-0.15, -0.1) is 0 Å². The normalized spacial score (nSPS) is 11.0. The van der Waals surface area contributed by atoms with Gasteiger partial charge in [-0.25, -0.2) is 14.3 Å². The molecule has 0 spiro atoms. The summed E-state index contributed by atoms with van der Waals surface area (Å²) in [6.45, 7) is 0. The van der Waals surface area contributed by atoms with Crippen LogP contribution in [0.15, 0.2) is 46.0 Å². The predicted molar refractivity (Wildman–Crippen MR) is 73.2 cm³/mol. The van der Waals surface area contributed by atoms with Crippen LogP contribution in [-0.4, -0.2) is 14.3 Å². The molecule has 6 nitrogen and oxygen atoms in total. The van der Waals surface area contributed by atoms with E-state index in [2.05, 4.69) is 4.72 Å². The summed E-state index contributed by atoms with van der Waals surface area (Å²) in [6.07, 6.45) is 0. The Morgan fingerprint density at radius 1 is 1.16 bits per heavy atom. The summed E-state index contributed by atoms with van der Waals surface area (Å²) in [5, 5.41) is 2.82. The van der Waals surface area contributed by atoms with Crippen LogP contribution < -0.4 is 16.0 Å². The zero-order chi connectivity index (χ0) is 13.9. The van der Waals surface area contributed by atoms with Crippen molar-refractivity contribution in [2.75, 3.05) is 4.72 Å². The standard InChI is InChI=1S/C11H11N3O3S2/c12-13-11(15)9-6-18-7-10(9)19(16,17)14-8-4-2-1-3-5-8/h1-7,14H,12H2,(H,13,15). The van der Waals surface area contributed by atoms with Crippen LogP contribution in [-0.2, 0) is 10.0 Å². The van der Waals surface area contributed by atoms with E-state index in [1.165, 1.54) is 10.8 Å². The fourth-order valence-electron chi connectivity index (χ4n) is 1.45. The molecule has 19 heavy (non-hydrogen) atoms. The number of benzene rings is 1. The Morgan fingerprint density at radius 2 is 1.84 bits per heavy atom. The molecule has 8 heteroatoms. The van der Waals surface area contributed by atoms with E-state index in [0.717, 1.165) is 11.3 Å². The molecule has 0 radical (unpaired) electrons. The number of carbonyl (C=O) groups is 1. The van der Waals surface area contributed by atoms with Crippen LogP contribution in [0.25, 0.3) is 0 Å². The summed E-state index contributed by atoms with van der Waals surface area (Å²) in [5.74, 6) is 4.37. The lowest BCUT2D eigenvalue weighted by Gasteiger charge is -2.08. The fraction of sp³-hybridized carbons (Fsp3) is 0. The summed E-state index contributed by atoms with van der Waals surface area (Å²) >= 11 is 1.11. The van der Waals surface area contributed by atoms with Crippen LogP contribution in [0.3, 0.4) is 0 Å². The van der Waals surface area contributed by atoms with Crippen molar-refractivity contribution in [1.82, 2.24) is 5.43 Å². The summed E-state index contributed by atoms with van der Waals surface area (Å²) < 4.78 is 26.8. The number of hydrogen-bond acceptors (Lipinski definition) is 5. The van der Waals surface area contributed by atoms with Crippen molar-refractivity contribution in [2.45, 2.75) is 4.90 Å². The molecule has 0 unspecified atom stereocenters. The van der Waals surface area contributed by atoms with Gasteiger partial charge in [-0.2, -0.15) is 11.3 Å². The second-order valence-corrected chi connectivity index (χ2v) is 5.99. The molecule has 2 rings (SSSR count). The van der Waals surface area contributed by atoms with Gasteiger partial charge >= 0.3 is 0 Å². The number of hydrogen-bond donors (Lipinski definition) is 3. The number of sulfonamides is 1. The molecule has 0 saturated carbocycles. The molecule has 1 amide bonds. The highest BCUT2D eigenvalue weighted by Gasteiger charge is 2.23. The molecule has 2 aromatic rings. The van der Waals surface area contributed by atoms with Gasteiger partial charge in [0.15, 0.2) is 0 Å². The zero-order valence-corrected chi connectivity index (χ0v) is 11.3. The lowest BCUT2D eigenvalue weighted by Crippen LogP contribution is -2.31. The summed E-state index contributed by atoms with van der Waals surface area (Å²) in [6, 6.07) is 8.42. The topological polar surface area (TPSA) is 101 Å². The molecule has 4 N–H and O–H groups in total. The number of nitrogens with two attached hydrogens (primary N) is 1. The van der Waals surface area contributed by atoms with E-state index < -0.39 is 15.9 Å². The number of rotatable bonds is 4. The number of anilines is 1. The summed E-state index contributed by atoms with van der Waals surface area (Å²) in [7, 11) is -3.81. The summed E-state index contributed by atoms with van der Waals surface area (Å²) in [4.78, 5) is 11.4. The van der Waals surface area contributed by atoms with Crippen molar-refractivity contribution >= 4 is 33.0 Å². The average molecular weight is 297 g/mol. The van der Waals surface area contributed by atoms with Gasteiger partial charge in [-0.3, -0.25) is 14.9 Å². The van der Waals surface area contributed by atoms with E-state index in [-0.39, 0.29) is 10.5 Å². The number of hydrazine groups is 1. The van der Waals surface area contributed by atoms with Gasteiger partial charge in [-0.1, -0.05) is 18.2 Å². The maximum atomic E-state index is 12.2. The van der Waals surface area contributed by atoms with Crippen molar-refractivity contribution in [3.63, 3.8) is 0 Å². The Balaban J connectivity index is 2.36. The Bertz CT molecular complexity index is 680. The highest BCUT2D eigenvalue weighted by atomic mass is 32.2. The minimum Gasteiger partial charge on any atom is -0.290 e. The van der Waals surface area contributed by atoms with Gasteiger partial charge in [0.1, 0.15) is 4.90 Å². The molecule has 0 aliphatic heterocycles. The van der Waals surface area contributed by atoms with E-state index in [9.17, 15) is 13.2 Å². The number of amides is 1. The molecule has 1 heterocycles. The van der Waals surface area contributed by atoms with Crippen LogP contribution in [0.4, 0.5) is 5.69 Å². The molecule has 0 aliphatic carbocycles. The molecule has 0 saturated heterocycles. The van der Waals surface area contributed by atoms with Gasteiger partial charge < -0.3 is 0 Å². The van der Waals surface area contributed by atoms with E-state index in [0.29, 0.717) is 5.69 Å². The number of thiophene rings is 1. The molecule has 100 valence electrons.